The SMILES string of the molecule is c1ccc(-n2c3ccccc3n3c4cc([Si](c5ccccc5)(c5ccccc5)c5cccc6c5oc5ccccc56)ccc4nc23)cc1. The van der Waals surface area contributed by atoms with Gasteiger partial charge >= 0.3 is 0 Å². The number of aromatic nitrogens is 3. The molecule has 5 heteroatoms. The van der Waals surface area contributed by atoms with Gasteiger partial charge in [-0.05, 0) is 63.2 Å². The molecule has 4 nitrogen and oxygen atoms in total. The van der Waals surface area contributed by atoms with Gasteiger partial charge in [-0.3, -0.25) is 8.97 Å². The minimum Gasteiger partial charge on any atom is -0.456 e. The van der Waals surface area contributed by atoms with Gasteiger partial charge in [0.25, 0.3) is 0 Å². The lowest BCUT2D eigenvalue weighted by molar-refractivity contribution is 0.671. The first-order chi connectivity index (χ1) is 23.8. The van der Waals surface area contributed by atoms with Crippen LogP contribution >= 0.6 is 0 Å². The van der Waals surface area contributed by atoms with E-state index in [-0.39, 0.29) is 0 Å². The van der Waals surface area contributed by atoms with Crippen LogP contribution in [-0.4, -0.2) is 22.0 Å². The molecule has 0 saturated heterocycles. The molecule has 226 valence electrons. The minimum absolute atomic E-state index is 0.903. The number of rotatable bonds is 5. The molecule has 0 radical (unpaired) electrons. The van der Waals surface area contributed by atoms with Gasteiger partial charge in [0.2, 0.25) is 5.78 Å². The number of hydrogen-bond donors (Lipinski definition) is 0. The van der Waals surface area contributed by atoms with Crippen molar-refractivity contribution in [3.8, 4) is 5.69 Å². The average Bonchev–Trinajstić information content (AvgIpc) is 3.82. The molecule has 3 heterocycles. The van der Waals surface area contributed by atoms with Crippen LogP contribution in [0.1, 0.15) is 0 Å². The van der Waals surface area contributed by atoms with Crippen LogP contribution in [0.4, 0.5) is 0 Å². The van der Waals surface area contributed by atoms with Gasteiger partial charge in [0.05, 0.1) is 22.1 Å². The molecule has 3 aromatic heterocycles. The summed E-state index contributed by atoms with van der Waals surface area (Å²) >= 11 is 0. The van der Waals surface area contributed by atoms with Crippen molar-refractivity contribution in [2.45, 2.75) is 0 Å². The Kier molecular flexibility index (Phi) is 5.86. The van der Waals surface area contributed by atoms with Gasteiger partial charge < -0.3 is 4.42 Å². The number of imidazole rings is 2. The number of hydrogen-bond acceptors (Lipinski definition) is 2. The highest BCUT2D eigenvalue weighted by atomic mass is 28.3. The Balaban J connectivity index is 1.36. The summed E-state index contributed by atoms with van der Waals surface area (Å²) in [6, 6.07) is 63.2. The summed E-state index contributed by atoms with van der Waals surface area (Å²) in [6.45, 7) is 0. The quantitative estimate of drug-likeness (QED) is 0.144. The second-order valence-electron chi connectivity index (χ2n) is 12.4. The maximum Gasteiger partial charge on any atom is 0.220 e. The highest BCUT2D eigenvalue weighted by molar-refractivity contribution is 7.20. The fourth-order valence-electron chi connectivity index (χ4n) is 7.85. The summed E-state index contributed by atoms with van der Waals surface area (Å²) in [5, 5.41) is 7.40. The van der Waals surface area contributed by atoms with Crippen LogP contribution in [-0.2, 0) is 0 Å². The van der Waals surface area contributed by atoms with E-state index in [0.29, 0.717) is 0 Å². The Morgan fingerprint density at radius 2 is 1.10 bits per heavy atom. The minimum atomic E-state index is -2.97. The van der Waals surface area contributed by atoms with E-state index in [2.05, 4.69) is 179 Å². The summed E-state index contributed by atoms with van der Waals surface area (Å²) in [4.78, 5) is 5.27. The summed E-state index contributed by atoms with van der Waals surface area (Å²) < 4.78 is 11.4. The number of para-hydroxylation sites is 5. The zero-order valence-corrected chi connectivity index (χ0v) is 27.0. The predicted octanol–water partition coefficient (Wildman–Crippen LogP) is 7.71. The molecule has 0 spiro atoms. The molecule has 0 aliphatic rings. The first kappa shape index (κ1) is 27.0. The van der Waals surface area contributed by atoms with Gasteiger partial charge in [-0.15, -0.1) is 0 Å². The molecule has 0 aliphatic carbocycles. The second-order valence-corrected chi connectivity index (χ2v) is 16.1. The van der Waals surface area contributed by atoms with E-state index in [4.69, 9.17) is 9.40 Å². The van der Waals surface area contributed by atoms with E-state index in [9.17, 15) is 0 Å². The van der Waals surface area contributed by atoms with Crippen LogP contribution in [0.5, 0.6) is 0 Å². The van der Waals surface area contributed by atoms with E-state index in [1.165, 1.54) is 20.7 Å². The topological polar surface area (TPSA) is 35.4 Å². The number of nitrogens with zero attached hydrogens (tertiary/aromatic N) is 3. The Morgan fingerprint density at radius 1 is 0.479 bits per heavy atom. The standard InChI is InChI=1S/C43H29N3OSi/c1-4-15-30(16-5-1)45-37-23-11-12-24-38(37)46-39-29-33(27-28-36(39)44-43(45)46)48(31-17-6-2-7-18-31,32-19-8-3-9-20-32)41-26-14-22-35-34-21-10-13-25-40(34)47-42(35)41/h1-29H. The van der Waals surface area contributed by atoms with Crippen molar-refractivity contribution in [3.63, 3.8) is 0 Å². The molecule has 7 aromatic carbocycles. The second kappa shape index (κ2) is 10.4. The molecule has 0 fully saturated rings. The number of furan rings is 1. The van der Waals surface area contributed by atoms with Crippen molar-refractivity contribution in [1.29, 1.82) is 0 Å². The van der Waals surface area contributed by atoms with Gasteiger partial charge in [0.15, 0.2) is 8.07 Å². The molecular formula is C43H29N3OSi. The number of benzene rings is 7. The first-order valence-corrected chi connectivity index (χ1v) is 18.3. The third kappa shape index (κ3) is 3.73. The average molecular weight is 632 g/mol. The van der Waals surface area contributed by atoms with Crippen molar-refractivity contribution in [2.75, 3.05) is 0 Å². The molecule has 10 aromatic rings. The van der Waals surface area contributed by atoms with Crippen molar-refractivity contribution in [3.05, 3.63) is 176 Å². The Hall–Kier alpha value is -6.17. The maximum atomic E-state index is 6.82. The molecule has 0 unspecified atom stereocenters. The lowest BCUT2D eigenvalue weighted by Gasteiger charge is -2.34. The van der Waals surface area contributed by atoms with Gasteiger partial charge in [-0.2, -0.15) is 0 Å². The van der Waals surface area contributed by atoms with Crippen molar-refractivity contribution < 1.29 is 4.42 Å². The summed E-state index contributed by atoms with van der Waals surface area (Å²) in [7, 11) is -2.97. The van der Waals surface area contributed by atoms with E-state index >= 15 is 0 Å². The van der Waals surface area contributed by atoms with Gasteiger partial charge in [0.1, 0.15) is 11.2 Å². The zero-order valence-electron chi connectivity index (χ0n) is 26.0. The van der Waals surface area contributed by atoms with Gasteiger partial charge in [0, 0.05) is 16.5 Å². The van der Waals surface area contributed by atoms with E-state index in [1.54, 1.807) is 0 Å². The normalized spacial score (nSPS) is 12.2. The van der Waals surface area contributed by atoms with Crippen molar-refractivity contribution in [2.24, 2.45) is 0 Å². The predicted molar refractivity (Wildman–Crippen MR) is 200 cm³/mol. The van der Waals surface area contributed by atoms with Crippen molar-refractivity contribution >= 4 is 78.6 Å². The molecule has 0 N–H and O–H groups in total. The van der Waals surface area contributed by atoms with Crippen LogP contribution in [0.25, 0.3) is 55.5 Å². The molecule has 0 bridgehead atoms. The zero-order chi connectivity index (χ0) is 31.7. The molecular weight excluding hydrogens is 603 g/mol. The molecule has 0 saturated carbocycles. The summed E-state index contributed by atoms with van der Waals surface area (Å²) in [6.07, 6.45) is 0. The fourth-order valence-corrected chi connectivity index (χ4v) is 12.7. The summed E-state index contributed by atoms with van der Waals surface area (Å²) in [5.41, 5.74) is 7.27. The van der Waals surface area contributed by atoms with Crippen LogP contribution < -0.4 is 20.7 Å². The lowest BCUT2D eigenvalue weighted by atomic mass is 10.1. The van der Waals surface area contributed by atoms with E-state index < -0.39 is 8.07 Å². The number of fused-ring (bicyclic) bond motifs is 8. The van der Waals surface area contributed by atoms with Gasteiger partial charge in [-0.25, -0.2) is 4.98 Å². The molecule has 0 amide bonds. The van der Waals surface area contributed by atoms with E-state index in [0.717, 1.165) is 55.5 Å². The maximum absolute atomic E-state index is 6.82. The van der Waals surface area contributed by atoms with Crippen LogP contribution in [0, 0.1) is 0 Å². The molecule has 48 heavy (non-hydrogen) atoms. The Morgan fingerprint density at radius 3 is 1.85 bits per heavy atom. The highest BCUT2D eigenvalue weighted by Gasteiger charge is 2.44. The highest BCUT2D eigenvalue weighted by Crippen LogP contribution is 2.31. The molecule has 10 rings (SSSR count). The van der Waals surface area contributed by atoms with Crippen LogP contribution in [0.15, 0.2) is 180 Å². The largest absolute Gasteiger partial charge is 0.456 e. The molecule has 0 aliphatic heterocycles. The smallest absolute Gasteiger partial charge is 0.220 e. The molecule has 0 atom stereocenters. The first-order valence-electron chi connectivity index (χ1n) is 16.3. The monoisotopic (exact) mass is 631 g/mol. The summed E-state index contributed by atoms with van der Waals surface area (Å²) in [5.74, 6) is 0.903. The lowest BCUT2D eigenvalue weighted by Crippen LogP contribution is -2.74. The van der Waals surface area contributed by atoms with Crippen LogP contribution in [0.3, 0.4) is 0 Å². The fraction of sp³-hybridized carbons (Fsp3) is 0. The van der Waals surface area contributed by atoms with Crippen molar-refractivity contribution in [1.82, 2.24) is 14.0 Å². The van der Waals surface area contributed by atoms with Crippen LogP contribution in [0.2, 0.25) is 0 Å². The third-order valence-electron chi connectivity index (χ3n) is 9.87. The third-order valence-corrected chi connectivity index (χ3v) is 14.6. The van der Waals surface area contributed by atoms with Gasteiger partial charge in [-0.1, -0.05) is 133 Å². The Bertz CT molecular complexity index is 2740. The Labute approximate surface area is 277 Å². The van der Waals surface area contributed by atoms with E-state index in [1.807, 2.05) is 6.07 Å².